The summed E-state index contributed by atoms with van der Waals surface area (Å²) in [7, 11) is 3.68. The third kappa shape index (κ3) is 3.64. The van der Waals surface area contributed by atoms with Gasteiger partial charge in [0.2, 0.25) is 0 Å². The van der Waals surface area contributed by atoms with Gasteiger partial charge in [0.25, 0.3) is 0 Å². The van der Waals surface area contributed by atoms with Crippen LogP contribution < -0.4 is 4.74 Å². The standard InChI is InChI=1S/C20H20ClNO2/c1-22(12-14-3-7-16(21)8-4-14)13-19-18-11-17(24-2)9-5-15(18)6-10-20(19)23/h3-11,23H,12-13H2,1-2H3. The number of phenolic OH excluding ortho intramolecular Hbond substituents is 1. The summed E-state index contributed by atoms with van der Waals surface area (Å²) >= 11 is 5.93. The van der Waals surface area contributed by atoms with Gasteiger partial charge in [-0.3, -0.25) is 4.90 Å². The van der Waals surface area contributed by atoms with E-state index in [4.69, 9.17) is 16.3 Å². The van der Waals surface area contributed by atoms with E-state index in [1.54, 1.807) is 13.2 Å². The van der Waals surface area contributed by atoms with Crippen molar-refractivity contribution in [2.24, 2.45) is 0 Å². The Morgan fingerprint density at radius 2 is 1.71 bits per heavy atom. The Morgan fingerprint density at radius 3 is 2.42 bits per heavy atom. The first-order chi connectivity index (χ1) is 11.6. The van der Waals surface area contributed by atoms with Gasteiger partial charge in [-0.25, -0.2) is 0 Å². The summed E-state index contributed by atoms with van der Waals surface area (Å²) < 4.78 is 5.32. The topological polar surface area (TPSA) is 32.7 Å². The Hall–Kier alpha value is -2.23. The molecule has 1 N–H and O–H groups in total. The third-order valence-corrected chi connectivity index (χ3v) is 4.36. The number of halogens is 1. The Kier molecular flexibility index (Phi) is 4.93. The van der Waals surface area contributed by atoms with Gasteiger partial charge in [-0.2, -0.15) is 0 Å². The second kappa shape index (κ2) is 7.12. The average molecular weight is 342 g/mol. The van der Waals surface area contributed by atoms with Gasteiger partial charge in [-0.1, -0.05) is 35.9 Å². The highest BCUT2D eigenvalue weighted by Gasteiger charge is 2.11. The molecular weight excluding hydrogens is 322 g/mol. The van der Waals surface area contributed by atoms with Gasteiger partial charge in [0.1, 0.15) is 11.5 Å². The van der Waals surface area contributed by atoms with Crippen LogP contribution in [0.3, 0.4) is 0 Å². The first-order valence-corrected chi connectivity index (χ1v) is 8.16. The molecule has 0 amide bonds. The highest BCUT2D eigenvalue weighted by molar-refractivity contribution is 6.30. The molecule has 0 bridgehead atoms. The molecule has 3 nitrogen and oxygen atoms in total. The van der Waals surface area contributed by atoms with Gasteiger partial charge < -0.3 is 9.84 Å². The molecule has 3 aromatic rings. The van der Waals surface area contributed by atoms with Crippen LogP contribution in [0.1, 0.15) is 11.1 Å². The molecule has 0 saturated carbocycles. The van der Waals surface area contributed by atoms with E-state index in [0.29, 0.717) is 12.3 Å². The van der Waals surface area contributed by atoms with Crippen LogP contribution in [-0.2, 0) is 13.1 Å². The van der Waals surface area contributed by atoms with Gasteiger partial charge in [0.15, 0.2) is 0 Å². The summed E-state index contributed by atoms with van der Waals surface area (Å²) in [6.07, 6.45) is 0. The van der Waals surface area contributed by atoms with Gasteiger partial charge in [0.05, 0.1) is 7.11 Å². The molecule has 4 heteroatoms. The smallest absolute Gasteiger partial charge is 0.120 e. The predicted molar refractivity (Wildman–Crippen MR) is 98.8 cm³/mol. The molecule has 0 aliphatic carbocycles. The van der Waals surface area contributed by atoms with Crippen LogP contribution in [0.2, 0.25) is 5.02 Å². The van der Waals surface area contributed by atoms with Crippen molar-refractivity contribution in [1.82, 2.24) is 4.90 Å². The third-order valence-electron chi connectivity index (χ3n) is 4.11. The van der Waals surface area contributed by atoms with Crippen LogP contribution in [0.4, 0.5) is 0 Å². The summed E-state index contributed by atoms with van der Waals surface area (Å²) in [5.41, 5.74) is 2.09. The van der Waals surface area contributed by atoms with E-state index in [-0.39, 0.29) is 0 Å². The molecular formula is C20H20ClNO2. The largest absolute Gasteiger partial charge is 0.508 e. The summed E-state index contributed by atoms with van der Waals surface area (Å²) in [6.45, 7) is 1.41. The number of aromatic hydroxyl groups is 1. The summed E-state index contributed by atoms with van der Waals surface area (Å²) in [4.78, 5) is 2.16. The van der Waals surface area contributed by atoms with E-state index in [9.17, 15) is 5.11 Å². The molecule has 24 heavy (non-hydrogen) atoms. The molecule has 0 aliphatic heterocycles. The van der Waals surface area contributed by atoms with Crippen molar-refractivity contribution < 1.29 is 9.84 Å². The number of methoxy groups -OCH3 is 1. The minimum Gasteiger partial charge on any atom is -0.508 e. The number of phenols is 1. The van der Waals surface area contributed by atoms with Crippen molar-refractivity contribution in [3.05, 3.63) is 70.7 Å². The Bertz CT molecular complexity index is 846. The Labute approximate surface area is 147 Å². The molecule has 0 aromatic heterocycles. The highest BCUT2D eigenvalue weighted by Crippen LogP contribution is 2.31. The van der Waals surface area contributed by atoms with E-state index < -0.39 is 0 Å². The highest BCUT2D eigenvalue weighted by atomic mass is 35.5. The zero-order valence-electron chi connectivity index (χ0n) is 13.8. The number of benzene rings is 3. The quantitative estimate of drug-likeness (QED) is 0.720. The van der Waals surface area contributed by atoms with Crippen molar-refractivity contribution in [2.45, 2.75) is 13.1 Å². The number of hydrogen-bond acceptors (Lipinski definition) is 3. The first-order valence-electron chi connectivity index (χ1n) is 7.78. The zero-order chi connectivity index (χ0) is 17.1. The van der Waals surface area contributed by atoms with Gasteiger partial charge >= 0.3 is 0 Å². The molecule has 0 unspecified atom stereocenters. The van der Waals surface area contributed by atoms with E-state index in [0.717, 1.165) is 33.7 Å². The van der Waals surface area contributed by atoms with E-state index in [1.165, 1.54) is 5.56 Å². The van der Waals surface area contributed by atoms with E-state index in [2.05, 4.69) is 4.90 Å². The molecule has 0 atom stereocenters. The Balaban J connectivity index is 1.87. The van der Waals surface area contributed by atoms with Gasteiger partial charge in [-0.05, 0) is 53.7 Å². The van der Waals surface area contributed by atoms with Crippen molar-refractivity contribution in [3.63, 3.8) is 0 Å². The molecule has 0 fully saturated rings. The fraction of sp³-hybridized carbons (Fsp3) is 0.200. The van der Waals surface area contributed by atoms with Crippen LogP contribution in [-0.4, -0.2) is 24.2 Å². The molecule has 0 spiro atoms. The van der Waals surface area contributed by atoms with E-state index >= 15 is 0 Å². The monoisotopic (exact) mass is 341 g/mol. The van der Waals surface area contributed by atoms with Crippen LogP contribution in [0.25, 0.3) is 10.8 Å². The summed E-state index contributed by atoms with van der Waals surface area (Å²) in [6, 6.07) is 17.4. The maximum atomic E-state index is 10.3. The maximum Gasteiger partial charge on any atom is 0.120 e. The van der Waals surface area contributed by atoms with Crippen molar-refractivity contribution >= 4 is 22.4 Å². The second-order valence-electron chi connectivity index (χ2n) is 5.95. The fourth-order valence-electron chi connectivity index (χ4n) is 2.87. The normalized spacial score (nSPS) is 11.2. The number of hydrogen-bond donors (Lipinski definition) is 1. The number of nitrogens with zero attached hydrogens (tertiary/aromatic N) is 1. The first kappa shape index (κ1) is 16.6. The van der Waals surface area contributed by atoms with Crippen molar-refractivity contribution in [1.29, 1.82) is 0 Å². The number of fused-ring (bicyclic) bond motifs is 1. The predicted octanol–water partition coefficient (Wildman–Crippen LogP) is 4.84. The fourth-order valence-corrected chi connectivity index (χ4v) is 3.00. The molecule has 3 aromatic carbocycles. The van der Waals surface area contributed by atoms with Crippen molar-refractivity contribution in [3.8, 4) is 11.5 Å². The number of ether oxygens (including phenoxy) is 1. The lowest BCUT2D eigenvalue weighted by atomic mass is 10.0. The Morgan fingerprint density at radius 1 is 1.00 bits per heavy atom. The van der Waals surface area contributed by atoms with Crippen LogP contribution in [0.5, 0.6) is 11.5 Å². The van der Waals surface area contributed by atoms with Crippen LogP contribution in [0.15, 0.2) is 54.6 Å². The summed E-state index contributed by atoms with van der Waals surface area (Å²) in [5.74, 6) is 1.09. The lowest BCUT2D eigenvalue weighted by Crippen LogP contribution is -2.17. The molecule has 0 aliphatic rings. The van der Waals surface area contributed by atoms with Crippen molar-refractivity contribution in [2.75, 3.05) is 14.2 Å². The molecule has 0 saturated heterocycles. The zero-order valence-corrected chi connectivity index (χ0v) is 14.5. The lowest BCUT2D eigenvalue weighted by Gasteiger charge is -2.19. The van der Waals surface area contributed by atoms with Gasteiger partial charge in [-0.15, -0.1) is 0 Å². The van der Waals surface area contributed by atoms with Crippen LogP contribution in [0, 0.1) is 0 Å². The lowest BCUT2D eigenvalue weighted by molar-refractivity contribution is 0.314. The average Bonchev–Trinajstić information content (AvgIpc) is 2.59. The minimum atomic E-state index is 0.304. The van der Waals surface area contributed by atoms with Crippen LogP contribution >= 0.6 is 11.6 Å². The minimum absolute atomic E-state index is 0.304. The number of rotatable bonds is 5. The molecule has 124 valence electrons. The van der Waals surface area contributed by atoms with Gasteiger partial charge in [0, 0.05) is 23.7 Å². The summed E-state index contributed by atoms with van der Waals surface area (Å²) in [5, 5.41) is 13.2. The maximum absolute atomic E-state index is 10.3. The molecule has 3 rings (SSSR count). The SMILES string of the molecule is COc1ccc2ccc(O)c(CN(C)Cc3ccc(Cl)cc3)c2c1. The molecule has 0 heterocycles. The van der Waals surface area contributed by atoms with E-state index in [1.807, 2.05) is 55.6 Å². The second-order valence-corrected chi connectivity index (χ2v) is 6.39. The molecule has 0 radical (unpaired) electrons.